The van der Waals surface area contributed by atoms with Crippen LogP contribution < -0.4 is 10.6 Å². The van der Waals surface area contributed by atoms with E-state index in [9.17, 15) is 4.79 Å². The van der Waals surface area contributed by atoms with E-state index in [-0.39, 0.29) is 6.54 Å². The third kappa shape index (κ3) is 2.39. The molecule has 6 heteroatoms. The number of nitrogens with zero attached hydrogens (tertiary/aromatic N) is 3. The maximum absolute atomic E-state index is 10.6. The molecule has 0 saturated carbocycles. The highest BCUT2D eigenvalue weighted by Crippen LogP contribution is 2.22. The van der Waals surface area contributed by atoms with Gasteiger partial charge in [0.25, 0.3) is 0 Å². The van der Waals surface area contributed by atoms with Crippen molar-refractivity contribution in [1.82, 2.24) is 9.78 Å². The van der Waals surface area contributed by atoms with Gasteiger partial charge in [-0.15, -0.1) is 0 Å². The molecule has 1 aromatic heterocycles. The van der Waals surface area contributed by atoms with Gasteiger partial charge in [-0.2, -0.15) is 5.10 Å². The Kier molecular flexibility index (Phi) is 3.54. The molecule has 0 spiro atoms. The van der Waals surface area contributed by atoms with E-state index in [0.717, 1.165) is 13.1 Å². The first-order chi connectivity index (χ1) is 7.10. The van der Waals surface area contributed by atoms with E-state index in [1.807, 2.05) is 18.7 Å². The molecule has 15 heavy (non-hydrogen) atoms. The van der Waals surface area contributed by atoms with E-state index >= 15 is 0 Å². The lowest BCUT2D eigenvalue weighted by molar-refractivity contribution is -0.137. The SMILES string of the molecule is CCN(CC)c1c(N)cnn1CC(=O)O. The van der Waals surface area contributed by atoms with Crippen LogP contribution in [-0.2, 0) is 11.3 Å². The quantitative estimate of drug-likeness (QED) is 0.737. The van der Waals surface area contributed by atoms with Gasteiger partial charge in [0.05, 0.1) is 11.9 Å². The predicted molar refractivity (Wildman–Crippen MR) is 57.8 cm³/mol. The van der Waals surface area contributed by atoms with Gasteiger partial charge < -0.3 is 15.7 Å². The monoisotopic (exact) mass is 212 g/mol. The predicted octanol–water partition coefficient (Wildman–Crippen LogP) is 0.396. The third-order valence-electron chi connectivity index (χ3n) is 2.19. The second-order valence-electron chi connectivity index (χ2n) is 3.15. The topological polar surface area (TPSA) is 84.4 Å². The summed E-state index contributed by atoms with van der Waals surface area (Å²) >= 11 is 0. The number of hydrogen-bond acceptors (Lipinski definition) is 4. The molecular weight excluding hydrogens is 196 g/mol. The van der Waals surface area contributed by atoms with Gasteiger partial charge in [0.1, 0.15) is 6.54 Å². The number of carboxylic acid groups (broad SMARTS) is 1. The molecule has 0 aliphatic heterocycles. The molecule has 0 aromatic carbocycles. The summed E-state index contributed by atoms with van der Waals surface area (Å²) < 4.78 is 1.41. The molecule has 1 rings (SSSR count). The minimum atomic E-state index is -0.925. The Bertz CT molecular complexity index is 344. The van der Waals surface area contributed by atoms with Crippen LogP contribution in [0, 0.1) is 0 Å². The number of nitrogen functional groups attached to an aromatic ring is 1. The molecular formula is C9H16N4O2. The fourth-order valence-corrected chi connectivity index (χ4v) is 1.51. The van der Waals surface area contributed by atoms with Crippen molar-refractivity contribution in [3.63, 3.8) is 0 Å². The van der Waals surface area contributed by atoms with Crippen molar-refractivity contribution in [2.45, 2.75) is 20.4 Å². The van der Waals surface area contributed by atoms with Gasteiger partial charge in [-0.25, -0.2) is 4.68 Å². The van der Waals surface area contributed by atoms with Crippen LogP contribution in [-0.4, -0.2) is 33.9 Å². The highest BCUT2D eigenvalue weighted by atomic mass is 16.4. The van der Waals surface area contributed by atoms with Gasteiger partial charge in [0.2, 0.25) is 0 Å². The van der Waals surface area contributed by atoms with Gasteiger partial charge >= 0.3 is 5.97 Å². The van der Waals surface area contributed by atoms with Crippen LogP contribution in [0.25, 0.3) is 0 Å². The van der Waals surface area contributed by atoms with Crippen molar-refractivity contribution in [3.8, 4) is 0 Å². The van der Waals surface area contributed by atoms with E-state index in [0.29, 0.717) is 11.5 Å². The lowest BCUT2D eigenvalue weighted by atomic mass is 10.4. The number of nitrogens with two attached hydrogens (primary N) is 1. The molecule has 0 atom stereocenters. The zero-order valence-electron chi connectivity index (χ0n) is 8.97. The molecule has 0 radical (unpaired) electrons. The van der Waals surface area contributed by atoms with Crippen LogP contribution in [0.1, 0.15) is 13.8 Å². The van der Waals surface area contributed by atoms with E-state index in [4.69, 9.17) is 10.8 Å². The van der Waals surface area contributed by atoms with Crippen LogP contribution in [0.5, 0.6) is 0 Å². The number of aromatic nitrogens is 2. The van der Waals surface area contributed by atoms with Crippen LogP contribution >= 0.6 is 0 Å². The summed E-state index contributed by atoms with van der Waals surface area (Å²) in [6.07, 6.45) is 1.48. The van der Waals surface area contributed by atoms with Crippen LogP contribution in [0.15, 0.2) is 6.20 Å². The first kappa shape index (κ1) is 11.4. The van der Waals surface area contributed by atoms with Crippen molar-refractivity contribution in [1.29, 1.82) is 0 Å². The Morgan fingerprint density at radius 2 is 2.20 bits per heavy atom. The van der Waals surface area contributed by atoms with E-state index in [1.54, 1.807) is 0 Å². The molecule has 0 bridgehead atoms. The zero-order chi connectivity index (χ0) is 11.4. The average Bonchev–Trinajstić information content (AvgIpc) is 2.51. The molecule has 6 nitrogen and oxygen atoms in total. The van der Waals surface area contributed by atoms with Crippen molar-refractivity contribution in [2.24, 2.45) is 0 Å². The Labute approximate surface area is 88.3 Å². The fraction of sp³-hybridized carbons (Fsp3) is 0.556. The second kappa shape index (κ2) is 4.68. The Morgan fingerprint density at radius 1 is 1.60 bits per heavy atom. The maximum atomic E-state index is 10.6. The Balaban J connectivity index is 3.02. The smallest absolute Gasteiger partial charge is 0.325 e. The number of hydrogen-bond donors (Lipinski definition) is 2. The molecule has 0 aliphatic rings. The molecule has 0 saturated heterocycles. The van der Waals surface area contributed by atoms with E-state index in [1.165, 1.54) is 10.9 Å². The summed E-state index contributed by atoms with van der Waals surface area (Å²) in [6, 6.07) is 0. The molecule has 3 N–H and O–H groups in total. The largest absolute Gasteiger partial charge is 0.480 e. The van der Waals surface area contributed by atoms with Crippen LogP contribution in [0.2, 0.25) is 0 Å². The number of anilines is 2. The van der Waals surface area contributed by atoms with Crippen LogP contribution in [0.3, 0.4) is 0 Å². The minimum Gasteiger partial charge on any atom is -0.480 e. The standard InChI is InChI=1S/C9H16N4O2/c1-3-12(4-2)9-7(10)5-11-13(9)6-8(14)15/h5H,3-4,6,10H2,1-2H3,(H,14,15). The van der Waals surface area contributed by atoms with Crippen molar-refractivity contribution in [2.75, 3.05) is 23.7 Å². The Hall–Kier alpha value is -1.72. The zero-order valence-corrected chi connectivity index (χ0v) is 8.97. The lowest BCUT2D eigenvalue weighted by Gasteiger charge is -2.22. The summed E-state index contributed by atoms with van der Waals surface area (Å²) in [6.45, 7) is 5.35. The first-order valence-electron chi connectivity index (χ1n) is 4.88. The van der Waals surface area contributed by atoms with E-state index < -0.39 is 5.97 Å². The molecule has 1 heterocycles. The first-order valence-corrected chi connectivity index (χ1v) is 4.88. The molecule has 84 valence electrons. The van der Waals surface area contributed by atoms with Gasteiger partial charge in [-0.05, 0) is 13.8 Å². The summed E-state index contributed by atoms with van der Waals surface area (Å²) in [4.78, 5) is 12.6. The van der Waals surface area contributed by atoms with Crippen molar-refractivity contribution >= 4 is 17.5 Å². The van der Waals surface area contributed by atoms with Gasteiger partial charge in [-0.3, -0.25) is 4.79 Å². The van der Waals surface area contributed by atoms with Gasteiger partial charge in [0, 0.05) is 13.1 Å². The van der Waals surface area contributed by atoms with Gasteiger partial charge in [0.15, 0.2) is 5.82 Å². The van der Waals surface area contributed by atoms with Crippen LogP contribution in [0.4, 0.5) is 11.5 Å². The summed E-state index contributed by atoms with van der Waals surface area (Å²) in [5.41, 5.74) is 6.27. The molecule has 0 aliphatic carbocycles. The maximum Gasteiger partial charge on any atom is 0.325 e. The number of carboxylic acids is 1. The highest BCUT2D eigenvalue weighted by molar-refractivity contribution is 5.69. The average molecular weight is 212 g/mol. The normalized spacial score (nSPS) is 10.3. The Morgan fingerprint density at radius 3 is 2.67 bits per heavy atom. The number of aliphatic carboxylic acids is 1. The lowest BCUT2D eigenvalue weighted by Crippen LogP contribution is -2.27. The molecule has 0 amide bonds. The summed E-state index contributed by atoms with van der Waals surface area (Å²) in [7, 11) is 0. The molecule has 0 unspecified atom stereocenters. The van der Waals surface area contributed by atoms with E-state index in [2.05, 4.69) is 5.10 Å². The van der Waals surface area contributed by atoms with Crippen molar-refractivity contribution in [3.05, 3.63) is 6.20 Å². The number of carbonyl (C=O) groups is 1. The highest BCUT2D eigenvalue weighted by Gasteiger charge is 2.15. The molecule has 0 fully saturated rings. The second-order valence-corrected chi connectivity index (χ2v) is 3.15. The third-order valence-corrected chi connectivity index (χ3v) is 2.19. The fourth-order valence-electron chi connectivity index (χ4n) is 1.51. The summed E-state index contributed by atoms with van der Waals surface area (Å²) in [5, 5.41) is 12.6. The summed E-state index contributed by atoms with van der Waals surface area (Å²) in [5.74, 6) is -0.242. The minimum absolute atomic E-state index is 0.164. The number of rotatable bonds is 5. The molecule has 1 aromatic rings. The van der Waals surface area contributed by atoms with Crippen molar-refractivity contribution < 1.29 is 9.90 Å². The van der Waals surface area contributed by atoms with Gasteiger partial charge in [-0.1, -0.05) is 0 Å².